The Labute approximate surface area is 117 Å². The third-order valence-electron chi connectivity index (χ3n) is 3.81. The van der Waals surface area contributed by atoms with Gasteiger partial charge in [0.2, 0.25) is 5.91 Å². The zero-order valence-electron chi connectivity index (χ0n) is 12.7. The van der Waals surface area contributed by atoms with Gasteiger partial charge in [0.25, 0.3) is 0 Å². The minimum atomic E-state index is -0.302. The molecule has 0 bridgehead atoms. The maximum atomic E-state index is 12.0. The van der Waals surface area contributed by atoms with E-state index in [0.717, 1.165) is 31.6 Å². The third kappa shape index (κ3) is 6.39. The average Bonchev–Trinajstić information content (AvgIpc) is 2.35. The molecule has 1 fully saturated rings. The number of hydrogen-bond acceptors (Lipinski definition) is 3. The zero-order chi connectivity index (χ0) is 14.3. The summed E-state index contributed by atoms with van der Waals surface area (Å²) in [4.78, 5) is 12.0. The molecule has 0 aromatic rings. The number of amides is 1. The fourth-order valence-corrected chi connectivity index (χ4v) is 2.61. The van der Waals surface area contributed by atoms with Gasteiger partial charge in [0.05, 0.1) is 6.10 Å². The molecule has 1 rings (SSSR count). The van der Waals surface area contributed by atoms with Crippen molar-refractivity contribution in [2.24, 2.45) is 11.7 Å². The van der Waals surface area contributed by atoms with Crippen molar-refractivity contribution in [2.75, 3.05) is 6.54 Å². The van der Waals surface area contributed by atoms with Gasteiger partial charge in [-0.3, -0.25) is 4.79 Å². The van der Waals surface area contributed by atoms with Gasteiger partial charge in [-0.1, -0.05) is 26.7 Å². The van der Waals surface area contributed by atoms with E-state index in [-0.39, 0.29) is 24.2 Å². The molecule has 0 aromatic carbocycles. The fourth-order valence-electron chi connectivity index (χ4n) is 2.61. The van der Waals surface area contributed by atoms with Crippen LogP contribution in [0.3, 0.4) is 0 Å². The fraction of sp³-hybridized carbons (Fsp3) is 0.933. The minimum absolute atomic E-state index is 0.0152. The van der Waals surface area contributed by atoms with Gasteiger partial charge in [0.15, 0.2) is 0 Å². The van der Waals surface area contributed by atoms with Crippen LogP contribution in [-0.2, 0) is 9.53 Å². The smallest absolute Gasteiger partial charge is 0.249 e. The van der Waals surface area contributed by atoms with E-state index in [2.05, 4.69) is 12.2 Å². The summed E-state index contributed by atoms with van der Waals surface area (Å²) in [6.07, 6.45) is 6.18. The SMILES string of the molecule is CCC(OC1CCCC(C)C1)C(=O)NCCC(C)N. The molecule has 1 aliphatic carbocycles. The molecule has 112 valence electrons. The first-order valence-corrected chi connectivity index (χ1v) is 7.71. The van der Waals surface area contributed by atoms with E-state index in [1.54, 1.807) is 0 Å². The lowest BCUT2D eigenvalue weighted by Gasteiger charge is -2.29. The van der Waals surface area contributed by atoms with Gasteiger partial charge in [-0.25, -0.2) is 0 Å². The number of hydrogen-bond donors (Lipinski definition) is 2. The van der Waals surface area contributed by atoms with Crippen molar-refractivity contribution in [1.82, 2.24) is 5.32 Å². The molecule has 4 heteroatoms. The second-order valence-corrected chi connectivity index (χ2v) is 5.98. The first-order chi connectivity index (χ1) is 9.02. The lowest BCUT2D eigenvalue weighted by Crippen LogP contribution is -2.40. The largest absolute Gasteiger partial charge is 0.365 e. The summed E-state index contributed by atoms with van der Waals surface area (Å²) in [5.74, 6) is 0.735. The van der Waals surface area contributed by atoms with Crippen molar-refractivity contribution >= 4 is 5.91 Å². The molecule has 19 heavy (non-hydrogen) atoms. The molecule has 1 aliphatic rings. The maximum absolute atomic E-state index is 12.0. The van der Waals surface area contributed by atoms with Gasteiger partial charge in [-0.15, -0.1) is 0 Å². The Bertz CT molecular complexity index is 269. The molecule has 0 spiro atoms. The van der Waals surface area contributed by atoms with Gasteiger partial charge in [0.1, 0.15) is 6.10 Å². The molecule has 0 saturated heterocycles. The van der Waals surface area contributed by atoms with Crippen LogP contribution in [-0.4, -0.2) is 30.7 Å². The van der Waals surface area contributed by atoms with Gasteiger partial charge in [-0.05, 0) is 38.5 Å². The van der Waals surface area contributed by atoms with Crippen molar-refractivity contribution in [1.29, 1.82) is 0 Å². The molecule has 4 atom stereocenters. The molecule has 4 nitrogen and oxygen atoms in total. The summed E-state index contributed by atoms with van der Waals surface area (Å²) in [6.45, 7) is 6.85. The van der Waals surface area contributed by atoms with Crippen LogP contribution in [0.25, 0.3) is 0 Å². The Morgan fingerprint density at radius 1 is 1.47 bits per heavy atom. The Morgan fingerprint density at radius 3 is 2.79 bits per heavy atom. The first kappa shape index (κ1) is 16.4. The summed E-state index contributed by atoms with van der Waals surface area (Å²) >= 11 is 0. The molecule has 1 amide bonds. The Morgan fingerprint density at radius 2 is 2.21 bits per heavy atom. The second kappa shape index (κ2) is 8.54. The molecule has 0 aliphatic heterocycles. The van der Waals surface area contributed by atoms with Crippen LogP contribution < -0.4 is 11.1 Å². The van der Waals surface area contributed by atoms with Crippen LogP contribution in [0.4, 0.5) is 0 Å². The van der Waals surface area contributed by atoms with Gasteiger partial charge >= 0.3 is 0 Å². The standard InChI is InChI=1S/C15H30N2O2/c1-4-14(15(18)17-9-8-12(3)16)19-13-7-5-6-11(2)10-13/h11-14H,4-10,16H2,1-3H3,(H,17,18). The molecule has 3 N–H and O–H groups in total. The van der Waals surface area contributed by atoms with Gasteiger partial charge in [-0.2, -0.15) is 0 Å². The van der Waals surface area contributed by atoms with Crippen LogP contribution in [0.5, 0.6) is 0 Å². The molecular weight excluding hydrogens is 240 g/mol. The van der Waals surface area contributed by atoms with E-state index < -0.39 is 0 Å². The van der Waals surface area contributed by atoms with E-state index in [9.17, 15) is 4.79 Å². The average molecular weight is 270 g/mol. The van der Waals surface area contributed by atoms with Gasteiger partial charge < -0.3 is 15.8 Å². The van der Waals surface area contributed by atoms with Crippen LogP contribution in [0.1, 0.15) is 59.3 Å². The number of nitrogens with one attached hydrogen (secondary N) is 1. The van der Waals surface area contributed by atoms with Crippen LogP contribution in [0, 0.1) is 5.92 Å². The van der Waals surface area contributed by atoms with Crippen molar-refractivity contribution in [2.45, 2.75) is 77.5 Å². The molecule has 0 radical (unpaired) electrons. The normalized spacial score (nSPS) is 26.7. The summed E-state index contributed by atoms with van der Waals surface area (Å²) in [7, 11) is 0. The highest BCUT2D eigenvalue weighted by atomic mass is 16.5. The predicted molar refractivity (Wildman–Crippen MR) is 77.9 cm³/mol. The highest BCUT2D eigenvalue weighted by molar-refractivity contribution is 5.80. The second-order valence-electron chi connectivity index (χ2n) is 5.98. The van der Waals surface area contributed by atoms with E-state index in [4.69, 9.17) is 10.5 Å². The minimum Gasteiger partial charge on any atom is -0.365 e. The number of ether oxygens (including phenoxy) is 1. The zero-order valence-corrected chi connectivity index (χ0v) is 12.7. The third-order valence-corrected chi connectivity index (χ3v) is 3.81. The lowest BCUT2D eigenvalue weighted by molar-refractivity contribution is -0.139. The summed E-state index contributed by atoms with van der Waals surface area (Å²) < 4.78 is 5.99. The summed E-state index contributed by atoms with van der Waals surface area (Å²) in [5, 5.41) is 2.92. The Balaban J connectivity index is 2.32. The predicted octanol–water partition coefficient (Wildman–Crippen LogP) is 2.21. The van der Waals surface area contributed by atoms with Gasteiger partial charge in [0, 0.05) is 12.6 Å². The molecular formula is C15H30N2O2. The van der Waals surface area contributed by atoms with Crippen molar-refractivity contribution in [3.05, 3.63) is 0 Å². The number of carbonyl (C=O) groups excluding carboxylic acids is 1. The Kier molecular flexibility index (Phi) is 7.39. The monoisotopic (exact) mass is 270 g/mol. The molecule has 1 saturated carbocycles. The molecule has 4 unspecified atom stereocenters. The molecule has 0 heterocycles. The topological polar surface area (TPSA) is 64.3 Å². The quantitative estimate of drug-likeness (QED) is 0.745. The van der Waals surface area contributed by atoms with E-state index in [1.807, 2.05) is 13.8 Å². The summed E-state index contributed by atoms with van der Waals surface area (Å²) in [5.41, 5.74) is 5.67. The summed E-state index contributed by atoms with van der Waals surface area (Å²) in [6, 6.07) is 0.125. The maximum Gasteiger partial charge on any atom is 0.249 e. The Hall–Kier alpha value is -0.610. The van der Waals surface area contributed by atoms with E-state index in [0.29, 0.717) is 6.54 Å². The van der Waals surface area contributed by atoms with Crippen molar-refractivity contribution < 1.29 is 9.53 Å². The number of nitrogens with two attached hydrogens (primary N) is 1. The highest BCUT2D eigenvalue weighted by Crippen LogP contribution is 2.26. The molecule has 0 aromatic heterocycles. The first-order valence-electron chi connectivity index (χ1n) is 7.71. The van der Waals surface area contributed by atoms with Crippen LogP contribution >= 0.6 is 0 Å². The highest BCUT2D eigenvalue weighted by Gasteiger charge is 2.25. The number of rotatable bonds is 7. The number of carbonyl (C=O) groups is 1. The van der Waals surface area contributed by atoms with Crippen molar-refractivity contribution in [3.8, 4) is 0 Å². The van der Waals surface area contributed by atoms with E-state index >= 15 is 0 Å². The van der Waals surface area contributed by atoms with Crippen molar-refractivity contribution in [3.63, 3.8) is 0 Å². The van der Waals surface area contributed by atoms with Crippen LogP contribution in [0.15, 0.2) is 0 Å². The van der Waals surface area contributed by atoms with E-state index in [1.165, 1.54) is 12.8 Å². The van der Waals surface area contributed by atoms with Crippen LogP contribution in [0.2, 0.25) is 0 Å². The lowest BCUT2D eigenvalue weighted by atomic mass is 9.88.